The Morgan fingerprint density at radius 1 is 0.885 bits per heavy atom. The molecule has 0 spiro atoms. The Balaban J connectivity index is 1.71. The van der Waals surface area contributed by atoms with Crippen LogP contribution in [-0.2, 0) is 6.67 Å². The van der Waals surface area contributed by atoms with Crippen molar-refractivity contribution in [2.24, 2.45) is 0 Å². The van der Waals surface area contributed by atoms with E-state index >= 15 is 0 Å². The van der Waals surface area contributed by atoms with E-state index in [4.69, 9.17) is 17.3 Å². The van der Waals surface area contributed by atoms with Gasteiger partial charge in [-0.3, -0.25) is 9.47 Å². The Kier molecular flexibility index (Phi) is 5.13. The number of hydrogen-bond acceptors (Lipinski definition) is 4. The van der Waals surface area contributed by atoms with E-state index in [9.17, 15) is 0 Å². The van der Waals surface area contributed by atoms with Gasteiger partial charge in [-0.05, 0) is 62.4 Å². The van der Waals surface area contributed by atoms with Crippen molar-refractivity contribution in [2.75, 3.05) is 18.4 Å². The van der Waals surface area contributed by atoms with Crippen LogP contribution in [-0.4, -0.2) is 32.3 Å². The topological polar surface area (TPSA) is 38.0 Å². The van der Waals surface area contributed by atoms with Crippen molar-refractivity contribution in [2.45, 2.75) is 25.9 Å². The van der Waals surface area contributed by atoms with Crippen molar-refractivity contribution in [1.29, 1.82) is 0 Å². The molecule has 0 atom stereocenters. The second-order valence-electron chi connectivity index (χ2n) is 6.59. The lowest BCUT2D eigenvalue weighted by Gasteiger charge is -2.25. The molecule has 2 heterocycles. The minimum atomic E-state index is 0.709. The number of aromatic nitrogens is 3. The lowest BCUT2D eigenvalue weighted by atomic mass is 10.1. The summed E-state index contributed by atoms with van der Waals surface area (Å²) in [7, 11) is 0. The zero-order chi connectivity index (χ0) is 17.8. The standard InChI is InChI=1S/C20H23N5S/c26-20-24(16-23-14-8-3-9-15-23)22-19(21-17-10-4-1-5-11-17)25(20)18-12-6-2-7-13-18/h1-2,4-7,10-13H,3,8-9,14-16H2,(H,21,22). The maximum atomic E-state index is 5.78. The van der Waals surface area contributed by atoms with Crippen molar-refractivity contribution < 1.29 is 0 Å². The first-order valence-electron chi connectivity index (χ1n) is 9.11. The molecule has 1 aliphatic heterocycles. The van der Waals surface area contributed by atoms with E-state index < -0.39 is 0 Å². The van der Waals surface area contributed by atoms with Crippen LogP contribution in [0.1, 0.15) is 19.3 Å². The number of piperidine rings is 1. The summed E-state index contributed by atoms with van der Waals surface area (Å²) in [5.41, 5.74) is 2.01. The molecule has 0 unspecified atom stereocenters. The lowest BCUT2D eigenvalue weighted by Crippen LogP contribution is -2.32. The Bertz CT molecular complexity index is 895. The minimum absolute atomic E-state index is 0.709. The average Bonchev–Trinajstić information content (AvgIpc) is 2.99. The SMILES string of the molecule is S=c1n(CN2CCCCC2)nc(Nc2ccccc2)n1-c1ccccc1. The Morgan fingerprint density at radius 2 is 1.54 bits per heavy atom. The molecule has 0 saturated carbocycles. The molecule has 1 aromatic heterocycles. The molecule has 0 amide bonds. The summed E-state index contributed by atoms with van der Waals surface area (Å²) in [4.78, 5) is 2.42. The summed E-state index contributed by atoms with van der Waals surface area (Å²) in [5.74, 6) is 0.740. The van der Waals surface area contributed by atoms with E-state index in [0.29, 0.717) is 4.77 Å². The quantitative estimate of drug-likeness (QED) is 0.671. The van der Waals surface area contributed by atoms with Crippen molar-refractivity contribution in [3.63, 3.8) is 0 Å². The molecule has 6 heteroatoms. The van der Waals surface area contributed by atoms with Crippen molar-refractivity contribution in [3.05, 3.63) is 65.4 Å². The summed E-state index contributed by atoms with van der Waals surface area (Å²) in [6, 6.07) is 20.2. The lowest BCUT2D eigenvalue weighted by molar-refractivity contribution is 0.172. The van der Waals surface area contributed by atoms with Gasteiger partial charge in [0.1, 0.15) is 0 Å². The van der Waals surface area contributed by atoms with Crippen LogP contribution >= 0.6 is 12.2 Å². The molecule has 1 aliphatic rings. The van der Waals surface area contributed by atoms with Crippen LogP contribution in [0.4, 0.5) is 11.6 Å². The number of para-hydroxylation sites is 2. The predicted molar refractivity (Wildman–Crippen MR) is 108 cm³/mol. The summed E-state index contributed by atoms with van der Waals surface area (Å²) in [5, 5.41) is 8.21. The van der Waals surface area contributed by atoms with Gasteiger partial charge in [-0.25, -0.2) is 4.68 Å². The molecule has 134 valence electrons. The van der Waals surface area contributed by atoms with Gasteiger partial charge < -0.3 is 5.32 Å². The number of rotatable bonds is 5. The van der Waals surface area contributed by atoms with Crippen LogP contribution in [0.3, 0.4) is 0 Å². The highest BCUT2D eigenvalue weighted by molar-refractivity contribution is 7.71. The monoisotopic (exact) mass is 365 g/mol. The van der Waals surface area contributed by atoms with Crippen LogP contribution in [0.25, 0.3) is 5.69 Å². The molecular weight excluding hydrogens is 342 g/mol. The highest BCUT2D eigenvalue weighted by Gasteiger charge is 2.16. The third-order valence-electron chi connectivity index (χ3n) is 4.67. The zero-order valence-electron chi connectivity index (χ0n) is 14.7. The van der Waals surface area contributed by atoms with Gasteiger partial charge in [-0.2, -0.15) is 0 Å². The molecule has 3 aromatic rings. The van der Waals surface area contributed by atoms with E-state index in [0.717, 1.165) is 37.1 Å². The number of benzene rings is 2. The minimum Gasteiger partial charge on any atom is -0.324 e. The van der Waals surface area contributed by atoms with Gasteiger partial charge in [0, 0.05) is 5.69 Å². The molecule has 0 bridgehead atoms. The number of nitrogens with one attached hydrogen (secondary N) is 1. The van der Waals surface area contributed by atoms with Gasteiger partial charge in [0.15, 0.2) is 0 Å². The zero-order valence-corrected chi connectivity index (χ0v) is 15.5. The van der Waals surface area contributed by atoms with E-state index in [1.807, 2.05) is 57.8 Å². The summed E-state index contributed by atoms with van der Waals surface area (Å²) in [6.07, 6.45) is 3.82. The molecule has 1 N–H and O–H groups in total. The largest absolute Gasteiger partial charge is 0.324 e. The predicted octanol–water partition coefficient (Wildman–Crippen LogP) is 4.59. The second-order valence-corrected chi connectivity index (χ2v) is 6.95. The number of hydrogen-bond donors (Lipinski definition) is 1. The van der Waals surface area contributed by atoms with E-state index in [1.165, 1.54) is 19.3 Å². The average molecular weight is 366 g/mol. The number of anilines is 2. The van der Waals surface area contributed by atoms with Gasteiger partial charge in [-0.1, -0.05) is 42.8 Å². The van der Waals surface area contributed by atoms with Crippen molar-refractivity contribution in [3.8, 4) is 5.69 Å². The number of likely N-dealkylation sites (tertiary alicyclic amines) is 1. The van der Waals surface area contributed by atoms with Crippen LogP contribution in [0.2, 0.25) is 0 Å². The van der Waals surface area contributed by atoms with Crippen LogP contribution < -0.4 is 5.32 Å². The van der Waals surface area contributed by atoms with E-state index in [2.05, 4.69) is 22.3 Å². The third kappa shape index (κ3) is 3.71. The fraction of sp³-hybridized carbons (Fsp3) is 0.300. The van der Waals surface area contributed by atoms with Gasteiger partial charge in [0.2, 0.25) is 10.7 Å². The Labute approximate surface area is 158 Å². The molecule has 1 fully saturated rings. The van der Waals surface area contributed by atoms with Crippen LogP contribution in [0, 0.1) is 4.77 Å². The maximum absolute atomic E-state index is 5.78. The fourth-order valence-electron chi connectivity index (χ4n) is 3.33. The molecule has 1 saturated heterocycles. The molecule has 26 heavy (non-hydrogen) atoms. The molecular formula is C20H23N5S. The fourth-order valence-corrected chi connectivity index (χ4v) is 3.62. The van der Waals surface area contributed by atoms with E-state index in [1.54, 1.807) is 0 Å². The highest BCUT2D eigenvalue weighted by atomic mass is 32.1. The van der Waals surface area contributed by atoms with Crippen LogP contribution in [0.5, 0.6) is 0 Å². The Hall–Kier alpha value is -2.44. The first-order chi connectivity index (χ1) is 12.8. The van der Waals surface area contributed by atoms with Gasteiger partial charge in [0.05, 0.1) is 12.4 Å². The summed E-state index contributed by atoms with van der Waals surface area (Å²) >= 11 is 5.78. The molecule has 4 rings (SSSR count). The van der Waals surface area contributed by atoms with Crippen molar-refractivity contribution in [1.82, 2.24) is 19.2 Å². The first kappa shape index (κ1) is 17.0. The molecule has 0 radical (unpaired) electrons. The maximum Gasteiger partial charge on any atom is 0.232 e. The van der Waals surface area contributed by atoms with Gasteiger partial charge in [0.25, 0.3) is 0 Å². The normalized spacial score (nSPS) is 15.1. The number of nitrogens with zero attached hydrogens (tertiary/aromatic N) is 4. The first-order valence-corrected chi connectivity index (χ1v) is 9.52. The molecule has 2 aromatic carbocycles. The Morgan fingerprint density at radius 3 is 2.23 bits per heavy atom. The smallest absolute Gasteiger partial charge is 0.232 e. The molecule has 5 nitrogen and oxygen atoms in total. The van der Waals surface area contributed by atoms with E-state index in [-0.39, 0.29) is 0 Å². The second kappa shape index (κ2) is 7.85. The highest BCUT2D eigenvalue weighted by Crippen LogP contribution is 2.21. The van der Waals surface area contributed by atoms with Gasteiger partial charge >= 0.3 is 0 Å². The van der Waals surface area contributed by atoms with Crippen molar-refractivity contribution >= 4 is 23.9 Å². The summed E-state index contributed by atoms with van der Waals surface area (Å²) in [6.45, 7) is 2.96. The van der Waals surface area contributed by atoms with Crippen LogP contribution in [0.15, 0.2) is 60.7 Å². The third-order valence-corrected chi connectivity index (χ3v) is 5.06. The molecule has 0 aliphatic carbocycles. The van der Waals surface area contributed by atoms with Gasteiger partial charge in [-0.15, -0.1) is 5.10 Å². The summed E-state index contributed by atoms with van der Waals surface area (Å²) < 4.78 is 4.64.